The van der Waals surface area contributed by atoms with Crippen molar-refractivity contribution in [3.63, 3.8) is 0 Å². The maximum absolute atomic E-state index is 14.0. The highest BCUT2D eigenvalue weighted by atomic mass is 19.1. The van der Waals surface area contributed by atoms with Crippen LogP contribution < -0.4 is 5.32 Å². The molecule has 4 rings (SSSR count). The average molecular weight is 421 g/mol. The fraction of sp³-hybridized carbons (Fsp3) is 0.619. The molecule has 9 heteroatoms. The third-order valence-electron chi connectivity index (χ3n) is 6.08. The molecule has 1 aromatic carbocycles. The Morgan fingerprint density at radius 1 is 1.10 bits per heavy atom. The van der Waals surface area contributed by atoms with E-state index in [1.54, 1.807) is 7.05 Å². The summed E-state index contributed by atoms with van der Waals surface area (Å²) in [4.78, 5) is 23.0. The molecule has 1 saturated carbocycles. The van der Waals surface area contributed by atoms with E-state index in [0.29, 0.717) is 39.3 Å². The lowest BCUT2D eigenvalue weighted by Gasteiger charge is -2.37. The number of aliphatic imine (C=N–C) groups is 1. The van der Waals surface area contributed by atoms with E-state index in [4.69, 9.17) is 4.74 Å². The van der Waals surface area contributed by atoms with Crippen molar-refractivity contribution in [2.45, 2.75) is 18.4 Å². The first-order valence-electron chi connectivity index (χ1n) is 10.6. The van der Waals surface area contributed by atoms with Crippen LogP contribution in [-0.4, -0.2) is 98.7 Å². The van der Waals surface area contributed by atoms with Crippen LogP contribution in [0.3, 0.4) is 0 Å². The van der Waals surface area contributed by atoms with Gasteiger partial charge in [0.1, 0.15) is 11.6 Å². The number of hydrogen-bond donors (Lipinski definition) is 1. The molecule has 3 aliphatic rings. The van der Waals surface area contributed by atoms with Gasteiger partial charge in [-0.1, -0.05) is 6.07 Å². The highest BCUT2D eigenvalue weighted by molar-refractivity contribution is 5.81. The highest BCUT2D eigenvalue weighted by Gasteiger charge is 2.43. The van der Waals surface area contributed by atoms with E-state index in [-0.39, 0.29) is 23.4 Å². The topological polar surface area (TPSA) is 60.4 Å². The van der Waals surface area contributed by atoms with Crippen molar-refractivity contribution in [1.29, 1.82) is 0 Å². The van der Waals surface area contributed by atoms with Crippen LogP contribution in [0.15, 0.2) is 23.2 Å². The molecule has 2 heterocycles. The molecule has 0 spiro atoms. The molecule has 164 valence electrons. The molecule has 1 aliphatic carbocycles. The Kier molecular flexibility index (Phi) is 6.48. The third-order valence-corrected chi connectivity index (χ3v) is 6.08. The van der Waals surface area contributed by atoms with Crippen molar-refractivity contribution in [2.75, 3.05) is 66.1 Å². The number of amides is 1. The summed E-state index contributed by atoms with van der Waals surface area (Å²) in [6.45, 7) is 6.03. The van der Waals surface area contributed by atoms with Gasteiger partial charge in [-0.3, -0.25) is 14.7 Å². The fourth-order valence-corrected chi connectivity index (χ4v) is 4.22. The summed E-state index contributed by atoms with van der Waals surface area (Å²) in [6, 6.07) is 3.98. The van der Waals surface area contributed by atoms with Crippen molar-refractivity contribution in [1.82, 2.24) is 20.0 Å². The number of guanidine groups is 1. The van der Waals surface area contributed by atoms with Gasteiger partial charge < -0.3 is 19.9 Å². The summed E-state index contributed by atoms with van der Waals surface area (Å²) >= 11 is 0. The standard InChI is InChI=1S/C21H29F2N5O2/c1-24-21(25-18-13-15(18)20-16(22)3-2-4-17(20)23)28-7-5-26(6-8-28)14-19(29)27-9-11-30-12-10-27/h2-4,15,18H,5-14H2,1H3,(H,24,25). The van der Waals surface area contributed by atoms with Gasteiger partial charge in [-0.15, -0.1) is 0 Å². The first-order valence-corrected chi connectivity index (χ1v) is 10.6. The van der Waals surface area contributed by atoms with Gasteiger partial charge in [0.2, 0.25) is 5.91 Å². The summed E-state index contributed by atoms with van der Waals surface area (Å²) in [5, 5.41) is 3.36. The van der Waals surface area contributed by atoms with Crippen LogP contribution in [0.2, 0.25) is 0 Å². The van der Waals surface area contributed by atoms with Gasteiger partial charge in [-0.25, -0.2) is 8.78 Å². The Labute approximate surface area is 175 Å². The van der Waals surface area contributed by atoms with Crippen LogP contribution in [0.4, 0.5) is 8.78 Å². The Morgan fingerprint density at radius 2 is 1.77 bits per heavy atom. The number of halogens is 2. The maximum Gasteiger partial charge on any atom is 0.236 e. The van der Waals surface area contributed by atoms with Crippen LogP contribution in [0.1, 0.15) is 17.9 Å². The van der Waals surface area contributed by atoms with E-state index in [2.05, 4.69) is 20.1 Å². The van der Waals surface area contributed by atoms with Gasteiger partial charge >= 0.3 is 0 Å². The molecule has 0 bridgehead atoms. The Balaban J connectivity index is 1.25. The number of nitrogens with one attached hydrogen (secondary N) is 1. The first-order chi connectivity index (χ1) is 14.6. The van der Waals surface area contributed by atoms with Crippen LogP contribution >= 0.6 is 0 Å². The molecule has 0 aromatic heterocycles. The van der Waals surface area contributed by atoms with Gasteiger partial charge in [0.05, 0.1) is 19.8 Å². The van der Waals surface area contributed by atoms with Crippen molar-refractivity contribution < 1.29 is 18.3 Å². The van der Waals surface area contributed by atoms with Gasteiger partial charge in [0.15, 0.2) is 5.96 Å². The zero-order chi connectivity index (χ0) is 21.1. The predicted molar refractivity (Wildman–Crippen MR) is 109 cm³/mol. The van der Waals surface area contributed by atoms with Crippen molar-refractivity contribution >= 4 is 11.9 Å². The molecule has 1 aromatic rings. The molecule has 2 saturated heterocycles. The lowest BCUT2D eigenvalue weighted by molar-refractivity contribution is -0.136. The van der Waals surface area contributed by atoms with E-state index < -0.39 is 11.6 Å². The number of ether oxygens (including phenoxy) is 1. The van der Waals surface area contributed by atoms with Gasteiger partial charge in [0.25, 0.3) is 0 Å². The second kappa shape index (κ2) is 9.26. The number of piperazine rings is 1. The number of benzene rings is 1. The number of rotatable bonds is 4. The third kappa shape index (κ3) is 4.73. The summed E-state index contributed by atoms with van der Waals surface area (Å²) in [6.07, 6.45) is 0.685. The molecule has 2 aliphatic heterocycles. The smallest absolute Gasteiger partial charge is 0.236 e. The van der Waals surface area contributed by atoms with Crippen LogP contribution in [0.5, 0.6) is 0 Å². The first kappa shape index (κ1) is 21.0. The van der Waals surface area contributed by atoms with Crippen LogP contribution in [0.25, 0.3) is 0 Å². The second-order valence-corrected chi connectivity index (χ2v) is 8.03. The number of carbonyl (C=O) groups excluding carboxylic acids is 1. The minimum absolute atomic E-state index is 0.0176. The Hall–Kier alpha value is -2.26. The average Bonchev–Trinajstić information content (AvgIpc) is 3.52. The number of nitrogens with zero attached hydrogens (tertiary/aromatic N) is 4. The van der Waals surface area contributed by atoms with E-state index in [1.165, 1.54) is 18.2 Å². The minimum Gasteiger partial charge on any atom is -0.378 e. The quantitative estimate of drug-likeness (QED) is 0.578. The van der Waals surface area contributed by atoms with Crippen molar-refractivity contribution in [2.24, 2.45) is 4.99 Å². The van der Waals surface area contributed by atoms with Crippen molar-refractivity contribution in [3.8, 4) is 0 Å². The molecule has 30 heavy (non-hydrogen) atoms. The predicted octanol–water partition coefficient (Wildman–Crippen LogP) is 0.873. The molecule has 3 fully saturated rings. The zero-order valence-corrected chi connectivity index (χ0v) is 17.3. The van der Waals surface area contributed by atoms with E-state index >= 15 is 0 Å². The van der Waals surface area contributed by atoms with Gasteiger partial charge in [0, 0.05) is 63.8 Å². The second-order valence-electron chi connectivity index (χ2n) is 8.03. The van der Waals surface area contributed by atoms with Crippen molar-refractivity contribution in [3.05, 3.63) is 35.4 Å². The van der Waals surface area contributed by atoms with E-state index in [9.17, 15) is 13.6 Å². The molecule has 0 radical (unpaired) electrons. The van der Waals surface area contributed by atoms with Crippen LogP contribution in [-0.2, 0) is 9.53 Å². The van der Waals surface area contributed by atoms with Gasteiger partial charge in [-0.05, 0) is 18.6 Å². The van der Waals surface area contributed by atoms with Gasteiger partial charge in [-0.2, -0.15) is 0 Å². The number of hydrogen-bond acceptors (Lipinski definition) is 4. The molecule has 1 amide bonds. The summed E-state index contributed by atoms with van der Waals surface area (Å²) in [5.41, 5.74) is 0.164. The van der Waals surface area contributed by atoms with Crippen LogP contribution in [0, 0.1) is 11.6 Å². The molecule has 2 atom stereocenters. The normalized spacial score (nSPS) is 25.4. The lowest BCUT2D eigenvalue weighted by atomic mass is 10.1. The summed E-state index contributed by atoms with van der Waals surface area (Å²) in [7, 11) is 1.72. The molecular weight excluding hydrogens is 392 g/mol. The number of morpholine rings is 1. The molecular formula is C21H29F2N5O2. The fourth-order valence-electron chi connectivity index (χ4n) is 4.22. The largest absolute Gasteiger partial charge is 0.378 e. The number of carbonyl (C=O) groups is 1. The monoisotopic (exact) mass is 421 g/mol. The highest BCUT2D eigenvalue weighted by Crippen LogP contribution is 2.43. The minimum atomic E-state index is -0.488. The SMILES string of the molecule is CN=C(NC1CC1c1c(F)cccc1F)N1CCN(CC(=O)N2CCOCC2)CC1. The molecule has 1 N–H and O–H groups in total. The molecule has 2 unspecified atom stereocenters. The lowest BCUT2D eigenvalue weighted by Crippen LogP contribution is -2.55. The van der Waals surface area contributed by atoms with E-state index in [1.807, 2.05) is 4.90 Å². The summed E-state index contributed by atoms with van der Waals surface area (Å²) in [5.74, 6) is -0.244. The maximum atomic E-state index is 14.0. The molecule has 7 nitrogen and oxygen atoms in total. The Morgan fingerprint density at radius 3 is 2.40 bits per heavy atom. The zero-order valence-electron chi connectivity index (χ0n) is 17.3. The summed E-state index contributed by atoms with van der Waals surface area (Å²) < 4.78 is 33.3. The van der Waals surface area contributed by atoms with E-state index in [0.717, 1.165) is 32.1 Å². The Bertz CT molecular complexity index is 771.